The second-order valence-electron chi connectivity index (χ2n) is 5.86. The van der Waals surface area contributed by atoms with E-state index in [4.69, 9.17) is 4.74 Å². The molecule has 0 radical (unpaired) electrons. The molecule has 0 spiro atoms. The molecule has 3 rings (SSSR count). The molecule has 0 aromatic heterocycles. The lowest BCUT2D eigenvalue weighted by Gasteiger charge is -2.45. The largest absolute Gasteiger partial charge is 0.445 e. The smallest absolute Gasteiger partial charge is 0.407 e. The van der Waals surface area contributed by atoms with Crippen LogP contribution in [-0.2, 0) is 11.3 Å². The molecule has 0 bridgehead atoms. The molecule has 1 atom stereocenters. The Morgan fingerprint density at radius 3 is 2.86 bits per heavy atom. The fraction of sp³-hybridized carbons (Fsp3) is 0.562. The number of amides is 1. The van der Waals surface area contributed by atoms with Crippen LogP contribution in [0.3, 0.4) is 0 Å². The van der Waals surface area contributed by atoms with E-state index in [9.17, 15) is 4.79 Å². The summed E-state index contributed by atoms with van der Waals surface area (Å²) in [5.74, 6) is 0. The first-order chi connectivity index (χ1) is 10.3. The normalized spacial score (nSPS) is 23.3. The fourth-order valence-corrected chi connectivity index (χ4v) is 2.98. The maximum atomic E-state index is 11.7. The topological polar surface area (TPSA) is 53.6 Å². The van der Waals surface area contributed by atoms with Crippen molar-refractivity contribution in [3.05, 3.63) is 35.9 Å². The fourth-order valence-electron chi connectivity index (χ4n) is 2.98. The number of carbonyl (C=O) groups is 1. The highest BCUT2D eigenvalue weighted by molar-refractivity contribution is 5.67. The molecule has 1 amide bonds. The van der Waals surface area contributed by atoms with Gasteiger partial charge in [-0.15, -0.1) is 0 Å². The van der Waals surface area contributed by atoms with Crippen LogP contribution in [-0.4, -0.2) is 49.3 Å². The molecular weight excluding hydrogens is 266 g/mol. The van der Waals surface area contributed by atoms with Crippen molar-refractivity contribution in [1.29, 1.82) is 0 Å². The Labute approximate surface area is 125 Å². The summed E-state index contributed by atoms with van der Waals surface area (Å²) in [5.41, 5.74) is 1.01. The summed E-state index contributed by atoms with van der Waals surface area (Å²) in [7, 11) is 0. The first-order valence-corrected chi connectivity index (χ1v) is 7.73. The standard InChI is InChI=1S/C16H23N3O2/c20-16(21-12-13-5-2-1-3-6-13)18-14-10-19(11-14)15-7-4-8-17-9-15/h1-3,5-6,14-15,17H,4,7-12H2,(H,18,20)/t15-/m0/s1. The third-order valence-electron chi connectivity index (χ3n) is 4.23. The van der Waals surface area contributed by atoms with Crippen LogP contribution < -0.4 is 10.6 Å². The molecule has 2 saturated heterocycles. The summed E-state index contributed by atoms with van der Waals surface area (Å²) in [6.45, 7) is 4.41. The highest BCUT2D eigenvalue weighted by atomic mass is 16.5. The van der Waals surface area contributed by atoms with Crippen molar-refractivity contribution in [2.24, 2.45) is 0 Å². The molecule has 2 fully saturated rings. The van der Waals surface area contributed by atoms with Gasteiger partial charge >= 0.3 is 6.09 Å². The lowest BCUT2D eigenvalue weighted by atomic mass is 9.99. The number of hydrogen-bond donors (Lipinski definition) is 2. The van der Waals surface area contributed by atoms with E-state index in [1.807, 2.05) is 30.3 Å². The van der Waals surface area contributed by atoms with E-state index in [0.717, 1.165) is 31.7 Å². The number of likely N-dealkylation sites (tertiary alicyclic amines) is 1. The highest BCUT2D eigenvalue weighted by Crippen LogP contribution is 2.17. The van der Waals surface area contributed by atoms with Crippen LogP contribution in [0.5, 0.6) is 0 Å². The van der Waals surface area contributed by atoms with Gasteiger partial charge in [0, 0.05) is 25.7 Å². The molecule has 114 valence electrons. The number of hydrogen-bond acceptors (Lipinski definition) is 4. The van der Waals surface area contributed by atoms with Gasteiger partial charge in [-0.1, -0.05) is 30.3 Å². The van der Waals surface area contributed by atoms with E-state index < -0.39 is 0 Å². The van der Waals surface area contributed by atoms with Crippen molar-refractivity contribution in [3.8, 4) is 0 Å². The molecule has 5 heteroatoms. The van der Waals surface area contributed by atoms with Crippen molar-refractivity contribution in [2.75, 3.05) is 26.2 Å². The molecule has 1 aromatic carbocycles. The molecule has 2 aliphatic heterocycles. The van der Waals surface area contributed by atoms with Crippen LogP contribution in [0.25, 0.3) is 0 Å². The minimum absolute atomic E-state index is 0.232. The van der Waals surface area contributed by atoms with Crippen LogP contribution >= 0.6 is 0 Å². The molecule has 2 N–H and O–H groups in total. The maximum absolute atomic E-state index is 11.7. The number of nitrogens with zero attached hydrogens (tertiary/aromatic N) is 1. The molecule has 21 heavy (non-hydrogen) atoms. The monoisotopic (exact) mass is 289 g/mol. The Bertz CT molecular complexity index is 454. The second kappa shape index (κ2) is 6.91. The Morgan fingerprint density at radius 1 is 1.33 bits per heavy atom. The minimum Gasteiger partial charge on any atom is -0.445 e. The second-order valence-corrected chi connectivity index (χ2v) is 5.86. The predicted octanol–water partition coefficient (Wildman–Crippen LogP) is 1.35. The van der Waals surface area contributed by atoms with Gasteiger partial charge < -0.3 is 15.4 Å². The maximum Gasteiger partial charge on any atom is 0.407 e. The Hall–Kier alpha value is -1.59. The van der Waals surface area contributed by atoms with Gasteiger partial charge in [-0.05, 0) is 24.9 Å². The number of carbonyl (C=O) groups excluding carboxylic acids is 1. The van der Waals surface area contributed by atoms with Crippen molar-refractivity contribution < 1.29 is 9.53 Å². The Morgan fingerprint density at radius 2 is 2.14 bits per heavy atom. The average Bonchev–Trinajstić information content (AvgIpc) is 2.50. The highest BCUT2D eigenvalue weighted by Gasteiger charge is 2.33. The van der Waals surface area contributed by atoms with E-state index in [1.165, 1.54) is 12.8 Å². The molecule has 0 saturated carbocycles. The van der Waals surface area contributed by atoms with E-state index >= 15 is 0 Å². The van der Waals surface area contributed by atoms with Crippen molar-refractivity contribution in [3.63, 3.8) is 0 Å². The number of benzene rings is 1. The summed E-state index contributed by atoms with van der Waals surface area (Å²) < 4.78 is 5.23. The van der Waals surface area contributed by atoms with Crippen molar-refractivity contribution >= 4 is 6.09 Å². The van der Waals surface area contributed by atoms with Crippen molar-refractivity contribution in [1.82, 2.24) is 15.5 Å². The van der Waals surface area contributed by atoms with Crippen LogP contribution in [0.4, 0.5) is 4.79 Å². The van der Waals surface area contributed by atoms with E-state index in [0.29, 0.717) is 12.6 Å². The predicted molar refractivity (Wildman–Crippen MR) is 81.0 cm³/mol. The van der Waals surface area contributed by atoms with Gasteiger partial charge in [0.1, 0.15) is 6.61 Å². The van der Waals surface area contributed by atoms with E-state index in [1.54, 1.807) is 0 Å². The molecule has 0 aliphatic carbocycles. The van der Waals surface area contributed by atoms with Gasteiger partial charge in [0.2, 0.25) is 0 Å². The Kier molecular flexibility index (Phi) is 4.72. The minimum atomic E-state index is -0.315. The summed E-state index contributed by atoms with van der Waals surface area (Å²) in [6.07, 6.45) is 2.20. The molecule has 5 nitrogen and oxygen atoms in total. The zero-order valence-electron chi connectivity index (χ0n) is 12.3. The van der Waals surface area contributed by atoms with Crippen LogP contribution in [0.1, 0.15) is 18.4 Å². The van der Waals surface area contributed by atoms with Gasteiger partial charge in [-0.25, -0.2) is 4.79 Å². The molecular formula is C16H23N3O2. The zero-order valence-corrected chi connectivity index (χ0v) is 12.3. The number of rotatable bonds is 4. The first-order valence-electron chi connectivity index (χ1n) is 7.73. The SMILES string of the molecule is O=C(NC1CN([C@H]2CCCNC2)C1)OCc1ccccc1. The van der Waals surface area contributed by atoms with E-state index in [-0.39, 0.29) is 12.1 Å². The first kappa shape index (κ1) is 14.4. The third-order valence-corrected chi connectivity index (χ3v) is 4.23. The van der Waals surface area contributed by atoms with E-state index in [2.05, 4.69) is 15.5 Å². The number of ether oxygens (including phenoxy) is 1. The molecule has 1 aromatic rings. The summed E-state index contributed by atoms with van der Waals surface area (Å²) >= 11 is 0. The number of piperidine rings is 1. The summed E-state index contributed by atoms with van der Waals surface area (Å²) in [6, 6.07) is 10.6. The molecule has 0 unspecified atom stereocenters. The molecule has 2 aliphatic rings. The van der Waals surface area contributed by atoms with Gasteiger partial charge in [-0.2, -0.15) is 0 Å². The number of nitrogens with one attached hydrogen (secondary N) is 2. The zero-order chi connectivity index (χ0) is 14.5. The van der Waals surface area contributed by atoms with Crippen LogP contribution in [0, 0.1) is 0 Å². The molecule has 2 heterocycles. The lowest BCUT2D eigenvalue weighted by molar-refractivity contribution is 0.0559. The third kappa shape index (κ3) is 3.95. The number of alkyl carbamates (subject to hydrolysis) is 1. The van der Waals surface area contributed by atoms with Crippen LogP contribution in [0.2, 0.25) is 0 Å². The summed E-state index contributed by atoms with van der Waals surface area (Å²) in [5, 5.41) is 6.36. The van der Waals surface area contributed by atoms with Crippen LogP contribution in [0.15, 0.2) is 30.3 Å². The Balaban J connectivity index is 1.33. The average molecular weight is 289 g/mol. The van der Waals surface area contributed by atoms with Gasteiger partial charge in [-0.3, -0.25) is 4.90 Å². The summed E-state index contributed by atoms with van der Waals surface area (Å²) in [4.78, 5) is 14.2. The van der Waals surface area contributed by atoms with Gasteiger partial charge in [0.25, 0.3) is 0 Å². The quantitative estimate of drug-likeness (QED) is 0.878. The lowest BCUT2D eigenvalue weighted by Crippen LogP contribution is -2.64. The van der Waals surface area contributed by atoms with Gasteiger partial charge in [0.15, 0.2) is 0 Å². The van der Waals surface area contributed by atoms with Gasteiger partial charge in [0.05, 0.1) is 6.04 Å². The van der Waals surface area contributed by atoms with Crippen molar-refractivity contribution in [2.45, 2.75) is 31.5 Å².